The summed E-state index contributed by atoms with van der Waals surface area (Å²) >= 11 is 1.37. The molecule has 27 heavy (non-hydrogen) atoms. The zero-order chi connectivity index (χ0) is 19.1. The molecule has 1 N–H and O–H groups in total. The van der Waals surface area contributed by atoms with Crippen LogP contribution in [0, 0.1) is 0 Å². The van der Waals surface area contributed by atoms with Gasteiger partial charge in [-0.2, -0.15) is 5.10 Å². The highest BCUT2D eigenvalue weighted by molar-refractivity contribution is 7.15. The molecular weight excluding hydrogens is 362 g/mol. The molecule has 1 amide bonds. The number of benzene rings is 1. The van der Waals surface area contributed by atoms with Gasteiger partial charge in [0.15, 0.2) is 0 Å². The second kappa shape index (κ2) is 9.18. The van der Waals surface area contributed by atoms with Gasteiger partial charge in [0.1, 0.15) is 10.7 Å². The van der Waals surface area contributed by atoms with Crippen molar-refractivity contribution in [2.75, 3.05) is 5.32 Å². The van der Waals surface area contributed by atoms with Crippen LogP contribution < -0.4 is 10.9 Å². The number of carbonyl (C=O) groups excluding carboxylic acids is 1. The number of hydrogen-bond acceptors (Lipinski definition) is 6. The van der Waals surface area contributed by atoms with Crippen LogP contribution in [0.4, 0.5) is 5.13 Å². The highest BCUT2D eigenvalue weighted by Gasteiger charge is 2.13. The Bertz CT molecular complexity index is 952. The van der Waals surface area contributed by atoms with E-state index in [1.807, 2.05) is 30.3 Å². The Hall–Kier alpha value is -2.87. The molecule has 0 spiro atoms. The first-order valence-corrected chi connectivity index (χ1v) is 9.73. The van der Waals surface area contributed by atoms with E-state index < -0.39 is 5.91 Å². The van der Waals surface area contributed by atoms with Gasteiger partial charge < -0.3 is 0 Å². The number of amides is 1. The smallest absolute Gasteiger partial charge is 0.277 e. The van der Waals surface area contributed by atoms with E-state index in [9.17, 15) is 9.59 Å². The Morgan fingerprint density at radius 3 is 2.70 bits per heavy atom. The predicted molar refractivity (Wildman–Crippen MR) is 105 cm³/mol. The summed E-state index contributed by atoms with van der Waals surface area (Å²) in [5, 5.41) is 16.3. The Kier molecular flexibility index (Phi) is 6.43. The largest absolute Gasteiger partial charge is 0.295 e. The monoisotopic (exact) mass is 383 g/mol. The first-order chi connectivity index (χ1) is 13.2. The van der Waals surface area contributed by atoms with E-state index in [2.05, 4.69) is 27.5 Å². The molecule has 0 unspecified atom stereocenters. The fourth-order valence-corrected chi connectivity index (χ4v) is 3.31. The van der Waals surface area contributed by atoms with Crippen LogP contribution in [0.5, 0.6) is 0 Å². The van der Waals surface area contributed by atoms with Crippen LogP contribution in [0.15, 0.2) is 47.3 Å². The lowest BCUT2D eigenvalue weighted by Crippen LogP contribution is -2.26. The number of nitrogens with zero attached hydrogens (tertiary/aromatic N) is 4. The van der Waals surface area contributed by atoms with Crippen molar-refractivity contribution in [2.24, 2.45) is 0 Å². The first kappa shape index (κ1) is 18.9. The molecule has 0 saturated heterocycles. The summed E-state index contributed by atoms with van der Waals surface area (Å²) in [5.74, 6) is -0.409. The average molecular weight is 383 g/mol. The van der Waals surface area contributed by atoms with Gasteiger partial charge in [-0.15, -0.1) is 10.2 Å². The van der Waals surface area contributed by atoms with Crippen LogP contribution in [-0.2, 0) is 13.0 Å². The maximum absolute atomic E-state index is 12.4. The van der Waals surface area contributed by atoms with Crippen molar-refractivity contribution in [2.45, 2.75) is 39.2 Å². The van der Waals surface area contributed by atoms with Crippen molar-refractivity contribution >= 4 is 22.4 Å². The molecule has 0 aliphatic carbocycles. The summed E-state index contributed by atoms with van der Waals surface area (Å²) in [6.45, 7) is 2.46. The third-order valence-electron chi connectivity index (χ3n) is 3.96. The minimum atomic E-state index is -0.409. The standard InChI is InChI=1S/C19H21N5O2S/c1-2-3-5-10-16-21-22-19(27-16)20-18(26)15-11-12-17(25)24(23-15)13-14-8-6-4-7-9-14/h4,6-9,11-12H,2-3,5,10,13H2,1H3,(H,20,22,26). The van der Waals surface area contributed by atoms with E-state index in [0.717, 1.165) is 36.3 Å². The highest BCUT2D eigenvalue weighted by atomic mass is 32.1. The van der Waals surface area contributed by atoms with Crippen molar-refractivity contribution in [1.29, 1.82) is 0 Å². The topological polar surface area (TPSA) is 89.8 Å². The second-order valence-electron chi connectivity index (χ2n) is 6.11. The molecule has 0 saturated carbocycles. The Morgan fingerprint density at radius 2 is 1.93 bits per heavy atom. The lowest BCUT2D eigenvalue weighted by atomic mass is 10.2. The number of nitrogens with one attached hydrogen (secondary N) is 1. The van der Waals surface area contributed by atoms with Gasteiger partial charge in [0.05, 0.1) is 6.54 Å². The zero-order valence-electron chi connectivity index (χ0n) is 15.1. The number of hydrogen-bond donors (Lipinski definition) is 1. The molecule has 1 aromatic carbocycles. The Balaban J connectivity index is 1.68. The van der Waals surface area contributed by atoms with Gasteiger partial charge in [0.25, 0.3) is 11.5 Å². The normalized spacial score (nSPS) is 10.7. The lowest BCUT2D eigenvalue weighted by molar-refractivity contribution is 0.102. The molecule has 0 aliphatic heterocycles. The zero-order valence-corrected chi connectivity index (χ0v) is 15.9. The van der Waals surface area contributed by atoms with Crippen molar-refractivity contribution in [1.82, 2.24) is 20.0 Å². The summed E-state index contributed by atoms with van der Waals surface area (Å²) in [6, 6.07) is 12.3. The van der Waals surface area contributed by atoms with E-state index in [-0.39, 0.29) is 11.3 Å². The summed E-state index contributed by atoms with van der Waals surface area (Å²) in [6.07, 6.45) is 4.22. The second-order valence-corrected chi connectivity index (χ2v) is 7.17. The molecule has 8 heteroatoms. The minimum absolute atomic E-state index is 0.160. The van der Waals surface area contributed by atoms with Crippen LogP contribution in [0.1, 0.15) is 47.2 Å². The maximum atomic E-state index is 12.4. The van der Waals surface area contributed by atoms with E-state index >= 15 is 0 Å². The van der Waals surface area contributed by atoms with Gasteiger partial charge in [-0.1, -0.05) is 61.4 Å². The minimum Gasteiger partial charge on any atom is -0.295 e. The van der Waals surface area contributed by atoms with Gasteiger partial charge >= 0.3 is 0 Å². The average Bonchev–Trinajstić information content (AvgIpc) is 3.12. The Labute approximate surface area is 161 Å². The molecule has 0 aliphatic rings. The molecule has 140 valence electrons. The van der Waals surface area contributed by atoms with E-state index in [4.69, 9.17) is 0 Å². The molecular formula is C19H21N5O2S. The number of aromatic nitrogens is 4. The summed E-state index contributed by atoms with van der Waals surface area (Å²) in [7, 11) is 0. The van der Waals surface area contributed by atoms with Crippen molar-refractivity contribution in [3.63, 3.8) is 0 Å². The van der Waals surface area contributed by atoms with Crippen molar-refractivity contribution in [3.8, 4) is 0 Å². The molecule has 0 fully saturated rings. The SMILES string of the molecule is CCCCCc1nnc(NC(=O)c2ccc(=O)n(Cc3ccccc3)n2)s1. The predicted octanol–water partition coefficient (Wildman–Crippen LogP) is 3.13. The number of unbranched alkanes of at least 4 members (excludes halogenated alkanes) is 2. The molecule has 3 rings (SSSR count). The maximum Gasteiger partial charge on any atom is 0.277 e. The molecule has 0 bridgehead atoms. The van der Waals surface area contributed by atoms with Crippen LogP contribution in [0.3, 0.4) is 0 Å². The van der Waals surface area contributed by atoms with Crippen molar-refractivity contribution < 1.29 is 4.79 Å². The number of aryl methyl sites for hydroxylation is 1. The molecule has 3 aromatic rings. The van der Waals surface area contributed by atoms with Gasteiger partial charge in [-0.05, 0) is 18.1 Å². The molecule has 7 nitrogen and oxygen atoms in total. The fraction of sp³-hybridized carbons (Fsp3) is 0.316. The van der Waals surface area contributed by atoms with E-state index in [1.54, 1.807) is 0 Å². The Morgan fingerprint density at radius 1 is 1.11 bits per heavy atom. The molecule has 2 aromatic heterocycles. The lowest BCUT2D eigenvalue weighted by Gasteiger charge is -2.06. The van der Waals surface area contributed by atoms with Gasteiger partial charge in [-0.25, -0.2) is 4.68 Å². The van der Waals surface area contributed by atoms with Crippen LogP contribution in [0.25, 0.3) is 0 Å². The summed E-state index contributed by atoms with van der Waals surface area (Å²) < 4.78 is 1.28. The van der Waals surface area contributed by atoms with Gasteiger partial charge in [0.2, 0.25) is 5.13 Å². The van der Waals surface area contributed by atoms with Gasteiger partial charge in [0, 0.05) is 12.5 Å². The first-order valence-electron chi connectivity index (χ1n) is 8.91. The fourth-order valence-electron chi connectivity index (χ4n) is 2.53. The van der Waals surface area contributed by atoms with E-state index in [1.165, 1.54) is 28.2 Å². The third-order valence-corrected chi connectivity index (χ3v) is 4.85. The number of carbonyl (C=O) groups is 1. The molecule has 0 atom stereocenters. The molecule has 2 heterocycles. The van der Waals surface area contributed by atoms with E-state index in [0.29, 0.717) is 11.7 Å². The third kappa shape index (κ3) is 5.30. The summed E-state index contributed by atoms with van der Waals surface area (Å²) in [5.41, 5.74) is 0.836. The van der Waals surface area contributed by atoms with Crippen molar-refractivity contribution in [3.05, 3.63) is 69.1 Å². The molecule has 0 radical (unpaired) electrons. The number of rotatable bonds is 8. The quantitative estimate of drug-likeness (QED) is 0.604. The number of anilines is 1. The van der Waals surface area contributed by atoms with Crippen LogP contribution in [0.2, 0.25) is 0 Å². The van der Waals surface area contributed by atoms with Crippen LogP contribution >= 0.6 is 11.3 Å². The summed E-state index contributed by atoms with van der Waals surface area (Å²) in [4.78, 5) is 24.5. The van der Waals surface area contributed by atoms with Crippen LogP contribution in [-0.4, -0.2) is 25.9 Å². The highest BCUT2D eigenvalue weighted by Crippen LogP contribution is 2.18. The van der Waals surface area contributed by atoms with Gasteiger partial charge in [-0.3, -0.25) is 14.9 Å².